The maximum atomic E-state index is 3.68. The number of piperidine rings is 1. The van der Waals surface area contributed by atoms with E-state index >= 15 is 0 Å². The van der Waals surface area contributed by atoms with Crippen molar-refractivity contribution in [3.8, 4) is 0 Å². The van der Waals surface area contributed by atoms with Gasteiger partial charge in [0.15, 0.2) is 0 Å². The summed E-state index contributed by atoms with van der Waals surface area (Å²) in [6, 6.07) is 0.762. The summed E-state index contributed by atoms with van der Waals surface area (Å²) in [5.74, 6) is 0. The molecule has 0 atom stereocenters. The molecule has 0 bridgehead atoms. The zero-order valence-electron chi connectivity index (χ0n) is 11.3. The minimum Gasteiger partial charge on any atom is -0.313 e. The maximum Gasteiger partial charge on any atom is 0.0104 e. The van der Waals surface area contributed by atoms with E-state index in [9.17, 15) is 0 Å². The summed E-state index contributed by atoms with van der Waals surface area (Å²) in [6.45, 7) is 11.8. The van der Waals surface area contributed by atoms with Crippen LogP contribution in [-0.2, 0) is 0 Å². The van der Waals surface area contributed by atoms with E-state index in [4.69, 9.17) is 0 Å². The largest absolute Gasteiger partial charge is 0.313 e. The van der Waals surface area contributed by atoms with Gasteiger partial charge in [-0.2, -0.15) is 0 Å². The molecular weight excluding hydrogens is 198 g/mol. The number of hydrogen-bond acceptors (Lipinski definition) is 3. The van der Waals surface area contributed by atoms with Crippen molar-refractivity contribution in [3.05, 3.63) is 0 Å². The number of likely N-dealkylation sites (N-methyl/N-ethyl adjacent to an activating group) is 1. The molecule has 3 heteroatoms. The fraction of sp³-hybridized carbons (Fsp3) is 1.00. The third kappa shape index (κ3) is 5.28. The summed E-state index contributed by atoms with van der Waals surface area (Å²) in [7, 11) is 2.19. The van der Waals surface area contributed by atoms with Crippen LogP contribution in [0.15, 0.2) is 0 Å². The average molecular weight is 227 g/mol. The van der Waals surface area contributed by atoms with E-state index in [1.54, 1.807) is 0 Å². The first-order valence-electron chi connectivity index (χ1n) is 6.90. The van der Waals surface area contributed by atoms with Crippen molar-refractivity contribution in [2.45, 2.75) is 39.2 Å². The second-order valence-corrected chi connectivity index (χ2v) is 4.97. The molecule has 1 aliphatic heterocycles. The van der Waals surface area contributed by atoms with Crippen molar-refractivity contribution in [1.29, 1.82) is 0 Å². The summed E-state index contributed by atoms with van der Waals surface area (Å²) in [5, 5.41) is 3.68. The zero-order valence-corrected chi connectivity index (χ0v) is 11.3. The molecule has 0 spiro atoms. The van der Waals surface area contributed by atoms with Gasteiger partial charge >= 0.3 is 0 Å². The van der Waals surface area contributed by atoms with Crippen LogP contribution in [0.25, 0.3) is 0 Å². The summed E-state index contributed by atoms with van der Waals surface area (Å²) in [6.07, 6.45) is 3.95. The molecule has 1 N–H and O–H groups in total. The second kappa shape index (κ2) is 8.04. The van der Waals surface area contributed by atoms with Gasteiger partial charge in [0.1, 0.15) is 0 Å². The molecular formula is C13H29N3. The first-order valence-corrected chi connectivity index (χ1v) is 6.90. The molecule has 0 unspecified atom stereocenters. The predicted octanol–water partition coefficient (Wildman–Crippen LogP) is 1.40. The minimum atomic E-state index is 0.762. The van der Waals surface area contributed by atoms with Gasteiger partial charge in [-0.25, -0.2) is 0 Å². The molecule has 1 aliphatic rings. The Morgan fingerprint density at radius 2 is 1.94 bits per heavy atom. The molecule has 0 radical (unpaired) electrons. The fourth-order valence-electron chi connectivity index (χ4n) is 2.29. The van der Waals surface area contributed by atoms with Gasteiger partial charge in [0.25, 0.3) is 0 Å². The van der Waals surface area contributed by atoms with E-state index in [1.807, 2.05) is 0 Å². The second-order valence-electron chi connectivity index (χ2n) is 4.97. The summed E-state index contributed by atoms with van der Waals surface area (Å²) in [4.78, 5) is 4.95. The lowest BCUT2D eigenvalue weighted by Crippen LogP contribution is -2.44. The van der Waals surface area contributed by atoms with Crippen LogP contribution in [0.1, 0.15) is 33.1 Å². The van der Waals surface area contributed by atoms with E-state index in [1.165, 1.54) is 45.4 Å². The highest BCUT2D eigenvalue weighted by atomic mass is 15.1. The lowest BCUT2D eigenvalue weighted by molar-refractivity contribution is 0.195. The van der Waals surface area contributed by atoms with E-state index in [0.29, 0.717) is 0 Å². The average Bonchev–Trinajstić information content (AvgIpc) is 2.31. The Morgan fingerprint density at radius 1 is 1.25 bits per heavy atom. The molecule has 1 fully saturated rings. The number of nitrogens with zero attached hydrogens (tertiary/aromatic N) is 2. The van der Waals surface area contributed by atoms with Crippen LogP contribution in [0.5, 0.6) is 0 Å². The number of likely N-dealkylation sites (tertiary alicyclic amines) is 1. The molecule has 0 aromatic carbocycles. The van der Waals surface area contributed by atoms with Crippen molar-refractivity contribution >= 4 is 0 Å². The first kappa shape index (κ1) is 13.9. The maximum absolute atomic E-state index is 3.68. The highest BCUT2D eigenvalue weighted by molar-refractivity contribution is 4.77. The third-order valence-electron chi connectivity index (χ3n) is 3.59. The molecule has 96 valence electrons. The Bertz CT molecular complexity index is 165. The molecule has 0 aliphatic carbocycles. The highest BCUT2D eigenvalue weighted by Gasteiger charge is 2.17. The Kier molecular flexibility index (Phi) is 7.01. The van der Waals surface area contributed by atoms with Crippen LogP contribution in [0.2, 0.25) is 0 Å². The van der Waals surface area contributed by atoms with Crippen LogP contribution in [0, 0.1) is 0 Å². The van der Waals surface area contributed by atoms with Gasteiger partial charge in [-0.05, 0) is 52.5 Å². The van der Waals surface area contributed by atoms with Gasteiger partial charge in [-0.1, -0.05) is 13.8 Å². The molecule has 1 heterocycles. The number of hydrogen-bond donors (Lipinski definition) is 1. The standard InChI is InChI=1S/C13H29N3/c1-4-9-16-10-6-13(7-11-16)14-8-12-15(3)5-2/h13-14H,4-12H2,1-3H3. The van der Waals surface area contributed by atoms with Crippen LogP contribution >= 0.6 is 0 Å². The first-order chi connectivity index (χ1) is 7.76. The Hall–Kier alpha value is -0.120. The normalized spacial score (nSPS) is 19.5. The summed E-state index contributed by atoms with van der Waals surface area (Å²) < 4.78 is 0. The smallest absolute Gasteiger partial charge is 0.0104 e. The SMILES string of the molecule is CCCN1CCC(NCCN(C)CC)CC1. The van der Waals surface area contributed by atoms with Gasteiger partial charge < -0.3 is 15.1 Å². The van der Waals surface area contributed by atoms with Crippen LogP contribution in [0.3, 0.4) is 0 Å². The molecule has 0 saturated carbocycles. The van der Waals surface area contributed by atoms with Gasteiger partial charge in [0.05, 0.1) is 0 Å². The molecule has 3 nitrogen and oxygen atoms in total. The molecule has 0 aromatic rings. The quantitative estimate of drug-likeness (QED) is 0.709. The summed E-state index contributed by atoms with van der Waals surface area (Å²) >= 11 is 0. The van der Waals surface area contributed by atoms with Crippen LogP contribution in [0.4, 0.5) is 0 Å². The lowest BCUT2D eigenvalue weighted by atomic mass is 10.0. The predicted molar refractivity (Wildman–Crippen MR) is 70.9 cm³/mol. The third-order valence-corrected chi connectivity index (χ3v) is 3.59. The zero-order chi connectivity index (χ0) is 11.8. The monoisotopic (exact) mass is 227 g/mol. The molecule has 1 rings (SSSR count). The van der Waals surface area contributed by atoms with E-state index in [-0.39, 0.29) is 0 Å². The topological polar surface area (TPSA) is 18.5 Å². The molecule has 16 heavy (non-hydrogen) atoms. The number of nitrogens with one attached hydrogen (secondary N) is 1. The van der Waals surface area contributed by atoms with Crippen LogP contribution in [-0.4, -0.2) is 62.2 Å². The molecule has 0 amide bonds. The fourth-order valence-corrected chi connectivity index (χ4v) is 2.29. The van der Waals surface area contributed by atoms with Crippen molar-refractivity contribution in [1.82, 2.24) is 15.1 Å². The van der Waals surface area contributed by atoms with Crippen molar-refractivity contribution < 1.29 is 0 Å². The van der Waals surface area contributed by atoms with Gasteiger partial charge in [0, 0.05) is 19.1 Å². The van der Waals surface area contributed by atoms with Gasteiger partial charge in [0.2, 0.25) is 0 Å². The number of rotatable bonds is 7. The van der Waals surface area contributed by atoms with Gasteiger partial charge in [-0.3, -0.25) is 0 Å². The minimum absolute atomic E-state index is 0.762. The Labute approximate surface area is 101 Å². The molecule has 0 aromatic heterocycles. The van der Waals surface area contributed by atoms with Gasteiger partial charge in [-0.15, -0.1) is 0 Å². The van der Waals surface area contributed by atoms with Crippen LogP contribution < -0.4 is 5.32 Å². The van der Waals surface area contributed by atoms with Crippen molar-refractivity contribution in [3.63, 3.8) is 0 Å². The van der Waals surface area contributed by atoms with Crippen molar-refractivity contribution in [2.75, 3.05) is 46.3 Å². The molecule has 1 saturated heterocycles. The van der Waals surface area contributed by atoms with Crippen molar-refractivity contribution in [2.24, 2.45) is 0 Å². The Balaban J connectivity index is 2.03. The Morgan fingerprint density at radius 3 is 2.50 bits per heavy atom. The highest BCUT2D eigenvalue weighted by Crippen LogP contribution is 2.10. The summed E-state index contributed by atoms with van der Waals surface area (Å²) in [5.41, 5.74) is 0. The van der Waals surface area contributed by atoms with E-state index in [2.05, 4.69) is 36.0 Å². The van der Waals surface area contributed by atoms with E-state index < -0.39 is 0 Å². The lowest BCUT2D eigenvalue weighted by Gasteiger charge is -2.32. The van der Waals surface area contributed by atoms with E-state index in [0.717, 1.165) is 19.1 Å².